The molecule has 3 aromatic rings. The number of anilines is 1. The first kappa shape index (κ1) is 14.1. The third kappa shape index (κ3) is 2.44. The summed E-state index contributed by atoms with van der Waals surface area (Å²) in [5.74, 6) is 1.10. The van der Waals surface area contributed by atoms with Crippen molar-refractivity contribution in [3.8, 4) is 0 Å². The van der Waals surface area contributed by atoms with Crippen molar-refractivity contribution in [2.45, 2.75) is 39.2 Å². The molecule has 1 atom stereocenters. The topological polar surface area (TPSA) is 43.8 Å². The van der Waals surface area contributed by atoms with Gasteiger partial charge in [-0.3, -0.25) is 0 Å². The summed E-state index contributed by atoms with van der Waals surface area (Å²) in [4.78, 5) is 6.21. The maximum atomic E-state index is 5.92. The number of aromatic nitrogens is 2. The molecule has 2 heterocycles. The van der Waals surface area contributed by atoms with E-state index in [9.17, 15) is 0 Å². The van der Waals surface area contributed by atoms with E-state index in [4.69, 9.17) is 10.7 Å². The van der Waals surface area contributed by atoms with E-state index < -0.39 is 0 Å². The van der Waals surface area contributed by atoms with Crippen LogP contribution in [0, 0.1) is 0 Å². The van der Waals surface area contributed by atoms with Crippen molar-refractivity contribution in [3.63, 3.8) is 0 Å². The molecule has 0 fully saturated rings. The Hall–Kier alpha value is -1.81. The molecule has 0 spiro atoms. The molecule has 0 bridgehead atoms. The van der Waals surface area contributed by atoms with Gasteiger partial charge >= 0.3 is 0 Å². The molecule has 21 heavy (non-hydrogen) atoms. The first-order valence-corrected chi connectivity index (χ1v) is 8.07. The fraction of sp³-hybridized carbons (Fsp3) is 0.353. The van der Waals surface area contributed by atoms with Crippen LogP contribution in [0.2, 0.25) is 0 Å². The molecule has 0 aliphatic heterocycles. The molecule has 4 heteroatoms. The monoisotopic (exact) mass is 299 g/mol. The highest BCUT2D eigenvalue weighted by Crippen LogP contribution is 2.34. The van der Waals surface area contributed by atoms with E-state index in [-0.39, 0.29) is 11.5 Å². The average Bonchev–Trinajstić information content (AvgIpc) is 3.03. The maximum Gasteiger partial charge on any atom is 0.115 e. The predicted molar refractivity (Wildman–Crippen MR) is 91.0 cm³/mol. The minimum Gasteiger partial charge on any atom is -0.399 e. The van der Waals surface area contributed by atoms with Crippen LogP contribution in [0.1, 0.15) is 44.4 Å². The Morgan fingerprint density at radius 1 is 1.24 bits per heavy atom. The number of thiophene rings is 1. The molecular formula is C17H21N3S. The number of benzene rings is 1. The molecular weight excluding hydrogens is 278 g/mol. The lowest BCUT2D eigenvalue weighted by molar-refractivity contribution is 0.491. The summed E-state index contributed by atoms with van der Waals surface area (Å²) in [5.41, 5.74) is 8.79. The van der Waals surface area contributed by atoms with Crippen molar-refractivity contribution in [1.82, 2.24) is 9.55 Å². The Labute approximate surface area is 129 Å². The summed E-state index contributed by atoms with van der Waals surface area (Å²) in [6.07, 6.45) is 0. The largest absolute Gasteiger partial charge is 0.399 e. The number of rotatable bonds is 2. The second kappa shape index (κ2) is 4.88. The molecule has 1 aromatic carbocycles. The minimum atomic E-state index is -0.0146. The number of nitrogen functional groups attached to an aromatic ring is 1. The fourth-order valence-corrected chi connectivity index (χ4v) is 3.47. The van der Waals surface area contributed by atoms with Gasteiger partial charge in [-0.15, -0.1) is 11.3 Å². The van der Waals surface area contributed by atoms with Gasteiger partial charge in [-0.2, -0.15) is 0 Å². The van der Waals surface area contributed by atoms with Crippen LogP contribution in [0.5, 0.6) is 0 Å². The maximum absolute atomic E-state index is 5.92. The van der Waals surface area contributed by atoms with Crippen molar-refractivity contribution in [3.05, 3.63) is 46.4 Å². The lowest BCUT2D eigenvalue weighted by Crippen LogP contribution is -2.21. The van der Waals surface area contributed by atoms with Gasteiger partial charge in [0.1, 0.15) is 5.82 Å². The smallest absolute Gasteiger partial charge is 0.115 e. The molecule has 0 saturated carbocycles. The standard InChI is InChI=1S/C17H21N3S/c1-11(15-6-5-9-21-15)20-14-8-7-12(18)10-13(14)19-16(20)17(2,3)4/h5-11H,18H2,1-4H3. The molecule has 0 aliphatic rings. The Morgan fingerprint density at radius 2 is 2.00 bits per heavy atom. The first-order chi connectivity index (χ1) is 9.88. The van der Waals surface area contributed by atoms with Gasteiger partial charge in [0.15, 0.2) is 0 Å². The number of nitrogens with two attached hydrogens (primary N) is 1. The van der Waals surface area contributed by atoms with E-state index >= 15 is 0 Å². The Morgan fingerprint density at radius 3 is 2.62 bits per heavy atom. The molecule has 0 amide bonds. The van der Waals surface area contributed by atoms with E-state index in [1.54, 1.807) is 11.3 Å². The number of hydrogen-bond donors (Lipinski definition) is 1. The lowest BCUT2D eigenvalue weighted by atomic mass is 9.95. The number of fused-ring (bicyclic) bond motifs is 1. The molecule has 1 unspecified atom stereocenters. The molecule has 2 N–H and O–H groups in total. The highest BCUT2D eigenvalue weighted by Gasteiger charge is 2.26. The average molecular weight is 299 g/mol. The lowest BCUT2D eigenvalue weighted by Gasteiger charge is -2.24. The summed E-state index contributed by atoms with van der Waals surface area (Å²) in [7, 11) is 0. The number of hydrogen-bond acceptors (Lipinski definition) is 3. The summed E-state index contributed by atoms with van der Waals surface area (Å²) in [6.45, 7) is 8.85. The van der Waals surface area contributed by atoms with Crippen molar-refractivity contribution in [2.75, 3.05) is 5.73 Å². The van der Waals surface area contributed by atoms with Gasteiger partial charge in [0.2, 0.25) is 0 Å². The SMILES string of the molecule is CC(c1cccs1)n1c(C(C)(C)C)nc2cc(N)ccc21. The van der Waals surface area contributed by atoms with Gasteiger partial charge in [0.25, 0.3) is 0 Å². The zero-order chi connectivity index (χ0) is 15.2. The van der Waals surface area contributed by atoms with E-state index in [0.29, 0.717) is 0 Å². The normalized spacial score (nSPS) is 13.7. The third-order valence-electron chi connectivity index (χ3n) is 3.73. The van der Waals surface area contributed by atoms with E-state index in [1.165, 1.54) is 4.88 Å². The second-order valence-corrected chi connectivity index (χ2v) is 7.47. The predicted octanol–water partition coefficient (Wildman–Crippen LogP) is 4.59. The van der Waals surface area contributed by atoms with Crippen LogP contribution in [0.3, 0.4) is 0 Å². The Kier molecular flexibility index (Phi) is 3.29. The molecule has 0 aliphatic carbocycles. The molecule has 0 radical (unpaired) electrons. The van der Waals surface area contributed by atoms with Gasteiger partial charge in [0.05, 0.1) is 17.1 Å². The summed E-state index contributed by atoms with van der Waals surface area (Å²) < 4.78 is 2.35. The zero-order valence-corrected chi connectivity index (χ0v) is 13.7. The van der Waals surface area contributed by atoms with Gasteiger partial charge in [0, 0.05) is 16.0 Å². The van der Waals surface area contributed by atoms with Crippen LogP contribution < -0.4 is 5.73 Å². The van der Waals surface area contributed by atoms with E-state index in [0.717, 1.165) is 22.5 Å². The highest BCUT2D eigenvalue weighted by atomic mass is 32.1. The molecule has 3 nitrogen and oxygen atoms in total. The summed E-state index contributed by atoms with van der Waals surface area (Å²) >= 11 is 1.79. The first-order valence-electron chi connectivity index (χ1n) is 7.19. The molecule has 0 saturated heterocycles. The van der Waals surface area contributed by atoms with Crippen molar-refractivity contribution < 1.29 is 0 Å². The van der Waals surface area contributed by atoms with Crippen LogP contribution >= 0.6 is 11.3 Å². The van der Waals surface area contributed by atoms with Crippen LogP contribution in [0.25, 0.3) is 11.0 Å². The Bertz CT molecular complexity index is 763. The van der Waals surface area contributed by atoms with Crippen LogP contribution in [-0.4, -0.2) is 9.55 Å². The van der Waals surface area contributed by atoms with Crippen molar-refractivity contribution in [1.29, 1.82) is 0 Å². The zero-order valence-electron chi connectivity index (χ0n) is 12.9. The molecule has 110 valence electrons. The Balaban J connectivity index is 2.28. The van der Waals surface area contributed by atoms with E-state index in [1.807, 2.05) is 12.1 Å². The van der Waals surface area contributed by atoms with Crippen LogP contribution in [0.15, 0.2) is 35.7 Å². The van der Waals surface area contributed by atoms with Gasteiger partial charge in [-0.05, 0) is 36.6 Å². The van der Waals surface area contributed by atoms with Gasteiger partial charge in [-0.1, -0.05) is 26.8 Å². The van der Waals surface area contributed by atoms with Gasteiger partial charge < -0.3 is 10.3 Å². The number of nitrogens with zero attached hydrogens (tertiary/aromatic N) is 2. The number of imidazole rings is 1. The highest BCUT2D eigenvalue weighted by molar-refractivity contribution is 7.10. The fourth-order valence-electron chi connectivity index (χ4n) is 2.69. The second-order valence-electron chi connectivity index (χ2n) is 6.49. The summed E-state index contributed by atoms with van der Waals surface area (Å²) in [6, 6.07) is 10.6. The minimum absolute atomic E-state index is 0.0146. The molecule has 2 aromatic heterocycles. The van der Waals surface area contributed by atoms with Crippen molar-refractivity contribution in [2.24, 2.45) is 0 Å². The quantitative estimate of drug-likeness (QED) is 0.703. The van der Waals surface area contributed by atoms with Crippen LogP contribution in [-0.2, 0) is 5.41 Å². The molecule has 3 rings (SSSR count). The van der Waals surface area contributed by atoms with Gasteiger partial charge in [-0.25, -0.2) is 4.98 Å². The van der Waals surface area contributed by atoms with Crippen molar-refractivity contribution >= 4 is 28.1 Å². The summed E-state index contributed by atoms with van der Waals surface area (Å²) in [5, 5.41) is 2.12. The van der Waals surface area contributed by atoms with E-state index in [2.05, 4.69) is 55.8 Å². The third-order valence-corrected chi connectivity index (χ3v) is 4.77. The van der Waals surface area contributed by atoms with Crippen LogP contribution in [0.4, 0.5) is 5.69 Å².